The Bertz CT molecular complexity index is 869. The van der Waals surface area contributed by atoms with Gasteiger partial charge in [0.2, 0.25) is 6.10 Å². The van der Waals surface area contributed by atoms with Gasteiger partial charge in [-0.15, -0.1) is 0 Å². The van der Waals surface area contributed by atoms with Gasteiger partial charge in [0.15, 0.2) is 5.75 Å². The van der Waals surface area contributed by atoms with E-state index < -0.39 is 12.1 Å². The van der Waals surface area contributed by atoms with E-state index in [0.717, 1.165) is 0 Å². The van der Waals surface area contributed by atoms with Gasteiger partial charge in [-0.1, -0.05) is 39.0 Å². The molecule has 0 saturated heterocycles. The van der Waals surface area contributed by atoms with Gasteiger partial charge in [-0.2, -0.15) is 0 Å². The highest BCUT2D eigenvalue weighted by molar-refractivity contribution is 6.07. The summed E-state index contributed by atoms with van der Waals surface area (Å²) in [4.78, 5) is 24.8. The first kappa shape index (κ1) is 19.7. The normalized spacial score (nSPS) is 15.6. The number of esters is 1. The maximum absolute atomic E-state index is 12.8. The molecule has 1 aliphatic rings. The van der Waals surface area contributed by atoms with Crippen molar-refractivity contribution < 1.29 is 19.1 Å². The van der Waals surface area contributed by atoms with Gasteiger partial charge in [0.05, 0.1) is 24.4 Å². The number of nitrogens with one attached hydrogen (secondary N) is 2. The molecule has 0 bridgehead atoms. The maximum atomic E-state index is 12.8. The molecule has 2 aromatic carbocycles. The van der Waals surface area contributed by atoms with Crippen LogP contribution in [-0.2, 0) is 14.9 Å². The second-order valence-corrected chi connectivity index (χ2v) is 7.70. The SMILES string of the molecule is CCOC(=O)C1CNc2cccc(C(=O)Nc3ccc(C(C)(C)C)cc3)c2O1. The summed E-state index contributed by atoms with van der Waals surface area (Å²) < 4.78 is 10.8. The molecule has 6 nitrogen and oxygen atoms in total. The third kappa shape index (κ3) is 4.27. The summed E-state index contributed by atoms with van der Waals surface area (Å²) in [6.07, 6.45) is -0.785. The van der Waals surface area contributed by atoms with Crippen LogP contribution in [0.15, 0.2) is 42.5 Å². The average Bonchev–Trinajstić information content (AvgIpc) is 2.67. The predicted octanol–water partition coefficient (Wildman–Crippen LogP) is 3.97. The number of fused-ring (bicyclic) bond motifs is 1. The van der Waals surface area contributed by atoms with Crippen LogP contribution in [0.3, 0.4) is 0 Å². The minimum atomic E-state index is -0.785. The predicted molar refractivity (Wildman–Crippen MR) is 109 cm³/mol. The largest absolute Gasteiger partial charge is 0.474 e. The van der Waals surface area contributed by atoms with Crippen LogP contribution in [0.5, 0.6) is 5.75 Å². The summed E-state index contributed by atoms with van der Waals surface area (Å²) in [7, 11) is 0. The quantitative estimate of drug-likeness (QED) is 0.783. The molecule has 0 aromatic heterocycles. The first-order valence-corrected chi connectivity index (χ1v) is 9.41. The number of para-hydroxylation sites is 1. The molecule has 0 fully saturated rings. The summed E-state index contributed by atoms with van der Waals surface area (Å²) in [6, 6.07) is 13.0. The number of anilines is 2. The number of ether oxygens (including phenoxy) is 2. The molecule has 6 heteroatoms. The molecule has 0 aliphatic carbocycles. The van der Waals surface area contributed by atoms with E-state index in [9.17, 15) is 9.59 Å². The topological polar surface area (TPSA) is 76.7 Å². The molecule has 2 N–H and O–H groups in total. The summed E-state index contributed by atoms with van der Waals surface area (Å²) in [5.74, 6) is -0.393. The van der Waals surface area contributed by atoms with E-state index in [1.807, 2.05) is 30.3 Å². The fraction of sp³-hybridized carbons (Fsp3) is 0.364. The van der Waals surface area contributed by atoms with Crippen LogP contribution < -0.4 is 15.4 Å². The lowest BCUT2D eigenvalue weighted by molar-refractivity contribution is -0.150. The van der Waals surface area contributed by atoms with E-state index in [2.05, 4.69) is 31.4 Å². The monoisotopic (exact) mass is 382 g/mol. The van der Waals surface area contributed by atoms with Crippen LogP contribution in [0.2, 0.25) is 0 Å². The third-order valence-corrected chi connectivity index (χ3v) is 4.56. The molecule has 3 rings (SSSR count). The van der Waals surface area contributed by atoms with Crippen LogP contribution in [0.4, 0.5) is 11.4 Å². The number of carbonyl (C=O) groups is 2. The lowest BCUT2D eigenvalue weighted by Gasteiger charge is -2.27. The molecule has 0 spiro atoms. The van der Waals surface area contributed by atoms with E-state index in [-0.39, 0.29) is 17.9 Å². The number of benzene rings is 2. The van der Waals surface area contributed by atoms with Crippen molar-refractivity contribution in [2.75, 3.05) is 23.8 Å². The van der Waals surface area contributed by atoms with Crippen LogP contribution >= 0.6 is 0 Å². The summed E-state index contributed by atoms with van der Waals surface area (Å²) in [6.45, 7) is 8.73. The van der Waals surface area contributed by atoms with Crippen molar-refractivity contribution in [1.29, 1.82) is 0 Å². The highest BCUT2D eigenvalue weighted by Crippen LogP contribution is 2.34. The van der Waals surface area contributed by atoms with E-state index in [1.165, 1.54) is 5.56 Å². The molecule has 148 valence electrons. The Balaban J connectivity index is 1.79. The highest BCUT2D eigenvalue weighted by atomic mass is 16.6. The molecule has 2 aromatic rings. The van der Waals surface area contributed by atoms with Crippen molar-refractivity contribution in [2.45, 2.75) is 39.2 Å². The Morgan fingerprint density at radius 3 is 2.54 bits per heavy atom. The average molecular weight is 382 g/mol. The van der Waals surface area contributed by atoms with Gasteiger partial charge >= 0.3 is 5.97 Å². The number of carbonyl (C=O) groups excluding carboxylic acids is 2. The molecule has 1 atom stereocenters. The van der Waals surface area contributed by atoms with Gasteiger partial charge < -0.3 is 20.1 Å². The Morgan fingerprint density at radius 2 is 1.89 bits per heavy atom. The third-order valence-electron chi connectivity index (χ3n) is 4.56. The van der Waals surface area contributed by atoms with Gasteiger partial charge in [-0.25, -0.2) is 4.79 Å². The van der Waals surface area contributed by atoms with Crippen LogP contribution in [0.25, 0.3) is 0 Å². The summed E-state index contributed by atoms with van der Waals surface area (Å²) >= 11 is 0. The minimum Gasteiger partial charge on any atom is -0.474 e. The van der Waals surface area contributed by atoms with Crippen molar-refractivity contribution >= 4 is 23.3 Å². The van der Waals surface area contributed by atoms with Crippen molar-refractivity contribution in [3.8, 4) is 5.75 Å². The smallest absolute Gasteiger partial charge is 0.349 e. The second-order valence-electron chi connectivity index (χ2n) is 7.70. The lowest BCUT2D eigenvalue weighted by atomic mass is 9.87. The standard InChI is InChI=1S/C22H26N2O4/c1-5-27-21(26)18-13-23-17-8-6-7-16(19(17)28-18)20(25)24-15-11-9-14(10-12-15)22(2,3)4/h6-12,18,23H,5,13H2,1-4H3,(H,24,25). The zero-order valence-corrected chi connectivity index (χ0v) is 16.7. The van der Waals surface area contributed by atoms with E-state index in [1.54, 1.807) is 19.1 Å². The van der Waals surface area contributed by atoms with Gasteiger partial charge in [-0.05, 0) is 42.2 Å². The Morgan fingerprint density at radius 1 is 1.18 bits per heavy atom. The summed E-state index contributed by atoms with van der Waals surface area (Å²) in [5, 5.41) is 6.02. The molecule has 1 aliphatic heterocycles. The highest BCUT2D eigenvalue weighted by Gasteiger charge is 2.30. The zero-order valence-electron chi connectivity index (χ0n) is 16.7. The van der Waals surface area contributed by atoms with Gasteiger partial charge in [0.1, 0.15) is 0 Å². The van der Waals surface area contributed by atoms with Gasteiger partial charge in [0.25, 0.3) is 5.91 Å². The fourth-order valence-electron chi connectivity index (χ4n) is 2.99. The van der Waals surface area contributed by atoms with Crippen LogP contribution in [0.1, 0.15) is 43.6 Å². The zero-order chi connectivity index (χ0) is 20.3. The molecule has 28 heavy (non-hydrogen) atoms. The number of rotatable bonds is 4. The molecule has 0 radical (unpaired) electrons. The van der Waals surface area contributed by atoms with Crippen molar-refractivity contribution in [1.82, 2.24) is 0 Å². The molecule has 1 unspecified atom stereocenters. The lowest BCUT2D eigenvalue weighted by Crippen LogP contribution is -2.39. The van der Waals surface area contributed by atoms with E-state index in [4.69, 9.17) is 9.47 Å². The molecular formula is C22H26N2O4. The fourth-order valence-corrected chi connectivity index (χ4v) is 2.99. The van der Waals surface area contributed by atoms with Gasteiger partial charge in [-0.3, -0.25) is 4.79 Å². The number of hydrogen-bond donors (Lipinski definition) is 2. The number of hydrogen-bond acceptors (Lipinski definition) is 5. The summed E-state index contributed by atoms with van der Waals surface area (Å²) in [5.41, 5.74) is 2.96. The van der Waals surface area contributed by atoms with E-state index in [0.29, 0.717) is 29.2 Å². The van der Waals surface area contributed by atoms with Crippen LogP contribution in [-0.4, -0.2) is 31.1 Å². The Hall–Kier alpha value is -3.02. The first-order valence-electron chi connectivity index (χ1n) is 9.41. The van der Waals surface area contributed by atoms with E-state index >= 15 is 0 Å². The van der Waals surface area contributed by atoms with Crippen LogP contribution in [0, 0.1) is 0 Å². The minimum absolute atomic E-state index is 0.0443. The molecule has 1 heterocycles. The molecular weight excluding hydrogens is 356 g/mol. The van der Waals surface area contributed by atoms with Gasteiger partial charge in [0, 0.05) is 5.69 Å². The second kappa shape index (κ2) is 7.92. The molecule has 1 amide bonds. The van der Waals surface area contributed by atoms with Crippen molar-refractivity contribution in [2.24, 2.45) is 0 Å². The Kier molecular flexibility index (Phi) is 5.58. The maximum Gasteiger partial charge on any atom is 0.349 e. The molecule has 0 saturated carbocycles. The Labute approximate surface area is 165 Å². The first-order chi connectivity index (χ1) is 13.3. The number of amides is 1. The van der Waals surface area contributed by atoms with Crippen molar-refractivity contribution in [3.63, 3.8) is 0 Å². The van der Waals surface area contributed by atoms with Crippen molar-refractivity contribution in [3.05, 3.63) is 53.6 Å².